The van der Waals surface area contributed by atoms with Gasteiger partial charge in [-0.25, -0.2) is 4.79 Å². The molecule has 0 aromatic heterocycles. The van der Waals surface area contributed by atoms with Gasteiger partial charge in [-0.05, 0) is 19.8 Å². The Bertz CT molecular complexity index is 168. The Morgan fingerprint density at radius 3 is 2.92 bits per heavy atom. The van der Waals surface area contributed by atoms with Crippen molar-refractivity contribution in [2.45, 2.75) is 25.9 Å². The molecule has 0 aromatic carbocycles. The normalized spacial score (nSPS) is 13.2. The number of ether oxygens (including phenoxy) is 1. The Morgan fingerprint density at radius 1 is 1.69 bits per heavy atom. The van der Waals surface area contributed by atoms with Crippen molar-refractivity contribution in [1.82, 2.24) is 0 Å². The van der Waals surface area contributed by atoms with E-state index in [9.17, 15) is 4.79 Å². The third-order valence-electron chi connectivity index (χ3n) is 1.41. The summed E-state index contributed by atoms with van der Waals surface area (Å²) < 4.78 is 4.80. The first-order valence-corrected chi connectivity index (χ1v) is 4.77. The van der Waals surface area contributed by atoms with Gasteiger partial charge in [-0.1, -0.05) is 6.08 Å². The number of esters is 1. The molecule has 0 heterocycles. The van der Waals surface area contributed by atoms with Gasteiger partial charge in [-0.3, -0.25) is 0 Å². The predicted molar refractivity (Wildman–Crippen MR) is 51.7 cm³/mol. The zero-order chi connectivity index (χ0) is 10.1. The van der Waals surface area contributed by atoms with Gasteiger partial charge in [-0.2, -0.15) is 0 Å². The van der Waals surface area contributed by atoms with Crippen molar-refractivity contribution in [2.75, 3.05) is 12.5 Å². The van der Waals surface area contributed by atoms with Crippen LogP contribution in [-0.2, 0) is 9.53 Å². The minimum absolute atomic E-state index is 0.225. The Morgan fingerprint density at radius 2 is 2.38 bits per heavy atom. The second-order valence-electron chi connectivity index (χ2n) is 2.62. The van der Waals surface area contributed by atoms with Crippen LogP contribution in [0.5, 0.6) is 0 Å². The Kier molecular flexibility index (Phi) is 7.74. The molecule has 0 rings (SSSR count). The highest BCUT2D eigenvalue weighted by Crippen LogP contribution is 1.99. The summed E-state index contributed by atoms with van der Waals surface area (Å²) in [5.74, 6) is -0.120. The lowest BCUT2D eigenvalue weighted by Gasteiger charge is -2.05. The molecule has 3 nitrogen and oxygen atoms in total. The molecular weight excluding hydrogens is 192 g/mol. The minimum Gasteiger partial charge on any atom is -0.463 e. The number of halogens is 1. The van der Waals surface area contributed by atoms with Crippen LogP contribution in [0.1, 0.15) is 19.8 Å². The monoisotopic (exact) mass is 206 g/mol. The molecule has 0 fully saturated rings. The second kappa shape index (κ2) is 8.08. The number of hydrogen-bond donors (Lipinski definition) is 1. The number of hydrogen-bond acceptors (Lipinski definition) is 3. The van der Waals surface area contributed by atoms with Gasteiger partial charge < -0.3 is 9.84 Å². The van der Waals surface area contributed by atoms with E-state index in [2.05, 4.69) is 0 Å². The first-order valence-electron chi connectivity index (χ1n) is 4.24. The molecule has 0 saturated carbocycles. The number of carbonyl (C=O) groups excluding carboxylic acids is 1. The summed E-state index contributed by atoms with van der Waals surface area (Å²) in [5, 5.41) is 9.04. The molecule has 1 unspecified atom stereocenters. The van der Waals surface area contributed by atoms with E-state index in [0.29, 0.717) is 19.4 Å². The van der Waals surface area contributed by atoms with Crippen LogP contribution in [0, 0.1) is 0 Å². The Hall–Kier alpha value is -0.540. The molecule has 0 aliphatic carbocycles. The van der Waals surface area contributed by atoms with Crippen LogP contribution >= 0.6 is 11.6 Å². The van der Waals surface area contributed by atoms with Crippen LogP contribution < -0.4 is 0 Å². The second-order valence-corrected chi connectivity index (χ2v) is 2.93. The van der Waals surface area contributed by atoms with E-state index in [0.717, 1.165) is 0 Å². The molecule has 0 amide bonds. The standard InChI is InChI=1S/C9H15ClO3/c1-2-4-9(12)13-6-3-5-8(11)7-10/h2,4,8,11H,3,5-7H2,1H3. The molecular formula is C9H15ClO3. The Labute approximate surface area is 83.3 Å². The number of allylic oxidation sites excluding steroid dienone is 1. The van der Waals surface area contributed by atoms with Crippen molar-refractivity contribution < 1.29 is 14.6 Å². The van der Waals surface area contributed by atoms with Crippen LogP contribution in [0.15, 0.2) is 12.2 Å². The van der Waals surface area contributed by atoms with Crippen molar-refractivity contribution in [1.29, 1.82) is 0 Å². The number of aliphatic hydroxyl groups is 1. The van der Waals surface area contributed by atoms with Crippen LogP contribution in [0.25, 0.3) is 0 Å². The van der Waals surface area contributed by atoms with Crippen molar-refractivity contribution in [3.05, 3.63) is 12.2 Å². The predicted octanol–water partition coefficient (Wildman–Crippen LogP) is 1.49. The van der Waals surface area contributed by atoms with Crippen molar-refractivity contribution in [2.24, 2.45) is 0 Å². The molecule has 0 aliphatic heterocycles. The van der Waals surface area contributed by atoms with E-state index < -0.39 is 6.10 Å². The number of aliphatic hydroxyl groups excluding tert-OH is 1. The molecule has 4 heteroatoms. The molecule has 0 bridgehead atoms. The highest BCUT2D eigenvalue weighted by Gasteiger charge is 2.02. The zero-order valence-corrected chi connectivity index (χ0v) is 8.46. The van der Waals surface area contributed by atoms with Gasteiger partial charge in [-0.15, -0.1) is 11.6 Å². The van der Waals surface area contributed by atoms with E-state index in [1.54, 1.807) is 13.0 Å². The van der Waals surface area contributed by atoms with Gasteiger partial charge in [0.25, 0.3) is 0 Å². The van der Waals surface area contributed by atoms with E-state index in [1.807, 2.05) is 0 Å². The van der Waals surface area contributed by atoms with Crippen LogP contribution in [0.2, 0.25) is 0 Å². The fourth-order valence-corrected chi connectivity index (χ4v) is 0.907. The van der Waals surface area contributed by atoms with Crippen LogP contribution in [-0.4, -0.2) is 29.7 Å². The molecule has 1 N–H and O–H groups in total. The molecule has 0 radical (unpaired) electrons. The lowest BCUT2D eigenvalue weighted by Crippen LogP contribution is -2.10. The molecule has 0 aliphatic rings. The van der Waals surface area contributed by atoms with E-state index in [4.69, 9.17) is 21.4 Å². The van der Waals surface area contributed by atoms with Crippen molar-refractivity contribution in [3.63, 3.8) is 0 Å². The van der Waals surface area contributed by atoms with Gasteiger partial charge in [0.1, 0.15) is 0 Å². The zero-order valence-electron chi connectivity index (χ0n) is 7.70. The maximum Gasteiger partial charge on any atom is 0.330 e. The summed E-state index contributed by atoms with van der Waals surface area (Å²) in [7, 11) is 0. The molecule has 76 valence electrons. The molecule has 0 saturated heterocycles. The quantitative estimate of drug-likeness (QED) is 0.310. The molecule has 13 heavy (non-hydrogen) atoms. The van der Waals surface area contributed by atoms with Gasteiger partial charge in [0.15, 0.2) is 0 Å². The number of alkyl halides is 1. The molecule has 0 spiro atoms. The summed E-state index contributed by atoms with van der Waals surface area (Å²) in [4.78, 5) is 10.8. The van der Waals surface area contributed by atoms with Crippen LogP contribution in [0.4, 0.5) is 0 Å². The first kappa shape index (κ1) is 12.5. The first-order chi connectivity index (χ1) is 6.20. The van der Waals surface area contributed by atoms with Gasteiger partial charge in [0.05, 0.1) is 12.7 Å². The van der Waals surface area contributed by atoms with E-state index in [-0.39, 0.29) is 11.8 Å². The number of carbonyl (C=O) groups is 1. The van der Waals surface area contributed by atoms with E-state index in [1.165, 1.54) is 6.08 Å². The average molecular weight is 207 g/mol. The maximum absolute atomic E-state index is 10.8. The van der Waals surface area contributed by atoms with Gasteiger partial charge in [0, 0.05) is 12.0 Å². The van der Waals surface area contributed by atoms with Crippen LogP contribution in [0.3, 0.4) is 0 Å². The molecule has 1 atom stereocenters. The smallest absolute Gasteiger partial charge is 0.330 e. The average Bonchev–Trinajstić information content (AvgIpc) is 2.12. The van der Waals surface area contributed by atoms with Gasteiger partial charge in [0.2, 0.25) is 0 Å². The SMILES string of the molecule is CC=CC(=O)OCCCC(O)CCl. The fraction of sp³-hybridized carbons (Fsp3) is 0.667. The minimum atomic E-state index is -0.498. The molecule has 0 aromatic rings. The largest absolute Gasteiger partial charge is 0.463 e. The Balaban J connectivity index is 3.30. The summed E-state index contributed by atoms with van der Waals surface area (Å²) in [6.45, 7) is 2.08. The third kappa shape index (κ3) is 7.81. The number of rotatable bonds is 6. The summed E-state index contributed by atoms with van der Waals surface area (Å²) in [6, 6.07) is 0. The summed E-state index contributed by atoms with van der Waals surface area (Å²) in [6.07, 6.45) is 3.68. The van der Waals surface area contributed by atoms with Crippen molar-refractivity contribution in [3.8, 4) is 0 Å². The topological polar surface area (TPSA) is 46.5 Å². The third-order valence-corrected chi connectivity index (χ3v) is 1.76. The summed E-state index contributed by atoms with van der Waals surface area (Å²) >= 11 is 5.37. The highest BCUT2D eigenvalue weighted by atomic mass is 35.5. The van der Waals surface area contributed by atoms with Crippen molar-refractivity contribution >= 4 is 17.6 Å². The highest BCUT2D eigenvalue weighted by molar-refractivity contribution is 6.18. The van der Waals surface area contributed by atoms with Gasteiger partial charge >= 0.3 is 5.97 Å². The lowest BCUT2D eigenvalue weighted by molar-refractivity contribution is -0.138. The lowest BCUT2D eigenvalue weighted by atomic mass is 10.2. The summed E-state index contributed by atoms with van der Waals surface area (Å²) in [5.41, 5.74) is 0. The fourth-order valence-electron chi connectivity index (χ4n) is 0.753. The van der Waals surface area contributed by atoms with E-state index >= 15 is 0 Å². The maximum atomic E-state index is 10.8.